The summed E-state index contributed by atoms with van der Waals surface area (Å²) in [5, 5.41) is 3.85. The molecule has 2 aromatic rings. The van der Waals surface area contributed by atoms with Crippen LogP contribution in [0.3, 0.4) is 0 Å². The number of hydrogen-bond acceptors (Lipinski definition) is 7. The predicted octanol–water partition coefficient (Wildman–Crippen LogP) is 2.96. The number of rotatable bonds is 9. The topological polar surface area (TPSA) is 108 Å². The number of fused-ring (bicyclic) bond motifs is 1. The van der Waals surface area contributed by atoms with Gasteiger partial charge < -0.3 is 20.5 Å². The van der Waals surface area contributed by atoms with Crippen LogP contribution in [0.5, 0.6) is 5.75 Å². The van der Waals surface area contributed by atoms with Crippen LogP contribution in [0.2, 0.25) is 0 Å². The molecule has 1 amide bonds. The highest BCUT2D eigenvalue weighted by Gasteiger charge is 2.23. The Balaban J connectivity index is 1.48. The van der Waals surface area contributed by atoms with E-state index in [-0.39, 0.29) is 18.8 Å². The molecular formula is C21H24N2O5S. The number of carbonyl (C=O) groups is 3. The van der Waals surface area contributed by atoms with Gasteiger partial charge in [-0.25, -0.2) is 0 Å². The zero-order chi connectivity index (χ0) is 20.8. The molecule has 8 heteroatoms. The smallest absolute Gasteiger partial charge is 0.308 e. The van der Waals surface area contributed by atoms with Crippen LogP contribution in [0, 0.1) is 0 Å². The second kappa shape index (κ2) is 9.56. The van der Waals surface area contributed by atoms with Crippen molar-refractivity contribution in [2.45, 2.75) is 32.1 Å². The van der Waals surface area contributed by atoms with Crippen molar-refractivity contribution in [1.29, 1.82) is 0 Å². The second-order valence-corrected chi connectivity index (χ2v) is 7.87. The summed E-state index contributed by atoms with van der Waals surface area (Å²) in [5.74, 6) is -0.563. The number of ketones is 1. The van der Waals surface area contributed by atoms with Gasteiger partial charge in [0.1, 0.15) is 10.8 Å². The highest BCUT2D eigenvalue weighted by Crippen LogP contribution is 2.37. The lowest BCUT2D eigenvalue weighted by molar-refractivity contribution is -0.142. The van der Waals surface area contributed by atoms with Crippen molar-refractivity contribution in [3.63, 3.8) is 0 Å². The third kappa shape index (κ3) is 5.14. The van der Waals surface area contributed by atoms with E-state index in [1.807, 2.05) is 0 Å². The van der Waals surface area contributed by atoms with Crippen LogP contribution in [0.1, 0.15) is 50.4 Å². The summed E-state index contributed by atoms with van der Waals surface area (Å²) in [6, 6.07) is 6.60. The summed E-state index contributed by atoms with van der Waals surface area (Å²) >= 11 is 1.53. The minimum atomic E-state index is -0.485. The number of aryl methyl sites for hydroxylation is 1. The van der Waals surface area contributed by atoms with Crippen LogP contribution < -0.4 is 15.8 Å². The maximum absolute atomic E-state index is 12.1. The van der Waals surface area contributed by atoms with E-state index < -0.39 is 11.9 Å². The first-order valence-corrected chi connectivity index (χ1v) is 10.3. The van der Waals surface area contributed by atoms with Crippen molar-refractivity contribution in [3.8, 4) is 5.75 Å². The van der Waals surface area contributed by atoms with Crippen LogP contribution >= 0.6 is 11.3 Å². The number of Topliss-reactive ketones (excluding diaryl/α,β-unsaturated/α-hetero) is 1. The van der Waals surface area contributed by atoms with Crippen molar-refractivity contribution in [2.24, 2.45) is 5.73 Å². The van der Waals surface area contributed by atoms with Gasteiger partial charge in [-0.15, -0.1) is 11.3 Å². The fraction of sp³-hybridized carbons (Fsp3) is 0.381. The van der Waals surface area contributed by atoms with Crippen LogP contribution in [0.4, 0.5) is 5.00 Å². The Bertz CT molecular complexity index is 905. The Morgan fingerprint density at radius 3 is 2.55 bits per heavy atom. The van der Waals surface area contributed by atoms with Crippen LogP contribution in [-0.4, -0.2) is 37.9 Å². The van der Waals surface area contributed by atoms with Crippen LogP contribution in [0.15, 0.2) is 24.3 Å². The van der Waals surface area contributed by atoms with Crippen molar-refractivity contribution in [3.05, 3.63) is 45.8 Å². The molecule has 1 heterocycles. The van der Waals surface area contributed by atoms with Gasteiger partial charge >= 0.3 is 5.97 Å². The lowest BCUT2D eigenvalue weighted by atomic mass is 9.95. The summed E-state index contributed by atoms with van der Waals surface area (Å²) < 4.78 is 10.1. The molecule has 0 spiro atoms. The van der Waals surface area contributed by atoms with Gasteiger partial charge in [-0.3, -0.25) is 14.4 Å². The molecule has 3 rings (SSSR count). The van der Waals surface area contributed by atoms with Crippen molar-refractivity contribution in [1.82, 2.24) is 0 Å². The summed E-state index contributed by atoms with van der Waals surface area (Å²) in [4.78, 5) is 37.1. The van der Waals surface area contributed by atoms with Crippen molar-refractivity contribution >= 4 is 34.0 Å². The molecule has 0 saturated heterocycles. The Labute approximate surface area is 173 Å². The lowest BCUT2D eigenvalue weighted by Crippen LogP contribution is -2.18. The van der Waals surface area contributed by atoms with Gasteiger partial charge in [0.25, 0.3) is 5.91 Å². The summed E-state index contributed by atoms with van der Waals surface area (Å²) in [6.45, 7) is -0.0137. The van der Waals surface area contributed by atoms with Gasteiger partial charge in [-0.05, 0) is 55.5 Å². The van der Waals surface area contributed by atoms with E-state index in [1.165, 1.54) is 16.2 Å². The van der Waals surface area contributed by atoms with Gasteiger partial charge in [0.15, 0.2) is 12.4 Å². The number of hydrogen-bond donors (Lipinski definition) is 2. The molecule has 0 aliphatic heterocycles. The largest absolute Gasteiger partial charge is 0.497 e. The van der Waals surface area contributed by atoms with Gasteiger partial charge in [0, 0.05) is 17.0 Å². The van der Waals surface area contributed by atoms with Crippen molar-refractivity contribution < 1.29 is 23.9 Å². The van der Waals surface area contributed by atoms with E-state index in [1.54, 1.807) is 31.4 Å². The first-order chi connectivity index (χ1) is 14.0. The normalized spacial score (nSPS) is 12.7. The van der Waals surface area contributed by atoms with E-state index in [0.29, 0.717) is 28.4 Å². The molecule has 0 atom stereocenters. The molecule has 0 radical (unpaired) electrons. The Morgan fingerprint density at radius 1 is 1.14 bits per heavy atom. The van der Waals surface area contributed by atoms with Gasteiger partial charge in [-0.1, -0.05) is 0 Å². The fourth-order valence-electron chi connectivity index (χ4n) is 3.31. The monoisotopic (exact) mass is 416 g/mol. The Kier molecular flexibility index (Phi) is 6.87. The molecule has 1 aromatic heterocycles. The number of anilines is 1. The molecular weight excluding hydrogens is 392 g/mol. The van der Waals surface area contributed by atoms with E-state index >= 15 is 0 Å². The molecule has 1 aliphatic rings. The number of nitrogens with two attached hydrogens (primary N) is 1. The average molecular weight is 416 g/mol. The number of benzene rings is 1. The maximum Gasteiger partial charge on any atom is 0.308 e. The summed E-state index contributed by atoms with van der Waals surface area (Å²) in [6.07, 6.45) is 4.06. The number of methoxy groups -OCH3 is 1. The third-order valence-electron chi connectivity index (χ3n) is 4.81. The quantitative estimate of drug-likeness (QED) is 0.481. The first kappa shape index (κ1) is 20.9. The highest BCUT2D eigenvalue weighted by molar-refractivity contribution is 7.16. The molecule has 1 aromatic carbocycles. The van der Waals surface area contributed by atoms with Gasteiger partial charge in [0.2, 0.25) is 0 Å². The molecule has 0 bridgehead atoms. The molecule has 3 N–H and O–H groups in total. The molecule has 0 fully saturated rings. The fourth-order valence-corrected chi connectivity index (χ4v) is 4.63. The number of thiophene rings is 1. The second-order valence-electron chi connectivity index (χ2n) is 6.77. The molecule has 0 saturated carbocycles. The molecule has 0 unspecified atom stereocenters. The average Bonchev–Trinajstić information content (AvgIpc) is 3.10. The minimum Gasteiger partial charge on any atom is -0.497 e. The number of esters is 1. The summed E-state index contributed by atoms with van der Waals surface area (Å²) in [5.41, 5.74) is 7.60. The highest BCUT2D eigenvalue weighted by atomic mass is 32.1. The number of nitrogens with one attached hydrogen (secondary N) is 1. The maximum atomic E-state index is 12.1. The standard InChI is InChI=1S/C21H24N2O5S/c1-27-14-8-6-13(7-9-14)16(24)12-28-18(25)10-11-23-21-19(20(22)26)15-4-2-3-5-17(15)29-21/h6-9,23H,2-5,10-12H2,1H3,(H2,22,26). The predicted molar refractivity (Wildman–Crippen MR) is 111 cm³/mol. The van der Waals surface area contributed by atoms with Crippen molar-refractivity contribution in [2.75, 3.05) is 25.6 Å². The number of amides is 1. The molecule has 154 valence electrons. The Hall–Kier alpha value is -2.87. The van der Waals surface area contributed by atoms with E-state index in [2.05, 4.69) is 5.32 Å². The molecule has 1 aliphatic carbocycles. The SMILES string of the molecule is COc1ccc(C(=O)COC(=O)CCNc2sc3c(c2C(N)=O)CCCC3)cc1. The van der Waals surface area contributed by atoms with E-state index in [0.717, 1.165) is 31.2 Å². The van der Waals surface area contributed by atoms with Gasteiger partial charge in [-0.2, -0.15) is 0 Å². The zero-order valence-electron chi connectivity index (χ0n) is 16.3. The summed E-state index contributed by atoms with van der Waals surface area (Å²) in [7, 11) is 1.55. The minimum absolute atomic E-state index is 0.0800. The molecule has 7 nitrogen and oxygen atoms in total. The van der Waals surface area contributed by atoms with Gasteiger partial charge in [0.05, 0.1) is 19.1 Å². The number of ether oxygens (including phenoxy) is 2. The first-order valence-electron chi connectivity index (χ1n) is 9.50. The van der Waals surface area contributed by atoms with Crippen LogP contribution in [0.25, 0.3) is 0 Å². The molecule has 29 heavy (non-hydrogen) atoms. The lowest BCUT2D eigenvalue weighted by Gasteiger charge is -2.11. The van der Waals surface area contributed by atoms with E-state index in [4.69, 9.17) is 15.2 Å². The number of carbonyl (C=O) groups excluding carboxylic acids is 3. The van der Waals surface area contributed by atoms with E-state index in [9.17, 15) is 14.4 Å². The third-order valence-corrected chi connectivity index (χ3v) is 6.06. The number of primary amides is 1. The zero-order valence-corrected chi connectivity index (χ0v) is 17.1. The Morgan fingerprint density at radius 2 is 1.86 bits per heavy atom. The van der Waals surface area contributed by atoms with Crippen LogP contribution in [-0.2, 0) is 22.4 Å².